The molecule has 1 aromatic heterocycles. The number of aliphatic hydroxyl groups is 1. The average Bonchev–Trinajstić information content (AvgIpc) is 2.78. The standard InChI is InChI=1S/C15H21NO2/c1-15(2,18-3)7-9-16-8-6-13-5-4-12(11-17)10-14(13)16/h4-6,8,10,17H,7,9,11H2,1-3H3. The molecule has 18 heavy (non-hydrogen) atoms. The molecule has 3 heteroatoms. The number of hydrogen-bond donors (Lipinski definition) is 1. The van der Waals surface area contributed by atoms with Crippen LogP contribution in [0.25, 0.3) is 10.9 Å². The van der Waals surface area contributed by atoms with Crippen molar-refractivity contribution in [2.75, 3.05) is 7.11 Å². The fourth-order valence-corrected chi connectivity index (χ4v) is 2.01. The van der Waals surface area contributed by atoms with Crippen LogP contribution >= 0.6 is 0 Å². The van der Waals surface area contributed by atoms with Gasteiger partial charge in [-0.1, -0.05) is 12.1 Å². The van der Waals surface area contributed by atoms with Crippen molar-refractivity contribution in [2.45, 2.75) is 39.0 Å². The topological polar surface area (TPSA) is 34.4 Å². The van der Waals surface area contributed by atoms with Gasteiger partial charge >= 0.3 is 0 Å². The summed E-state index contributed by atoms with van der Waals surface area (Å²) in [4.78, 5) is 0. The van der Waals surface area contributed by atoms with Crippen LogP contribution in [0.5, 0.6) is 0 Å². The first kappa shape index (κ1) is 13.1. The summed E-state index contributed by atoms with van der Waals surface area (Å²) in [7, 11) is 1.75. The van der Waals surface area contributed by atoms with Gasteiger partial charge in [0, 0.05) is 25.4 Å². The molecule has 0 bridgehead atoms. The fourth-order valence-electron chi connectivity index (χ4n) is 2.01. The van der Waals surface area contributed by atoms with E-state index in [0.29, 0.717) is 0 Å². The third kappa shape index (κ3) is 2.74. The SMILES string of the molecule is COC(C)(C)CCn1ccc2ccc(CO)cc21. The second kappa shape index (κ2) is 5.12. The predicted octanol–water partition coefficient (Wildman–Crippen LogP) is 2.95. The molecule has 2 rings (SSSR count). The van der Waals surface area contributed by atoms with Gasteiger partial charge in [0.25, 0.3) is 0 Å². The molecule has 1 N–H and O–H groups in total. The van der Waals surface area contributed by atoms with Crippen LogP contribution in [-0.2, 0) is 17.9 Å². The number of benzene rings is 1. The van der Waals surface area contributed by atoms with Crippen molar-refractivity contribution in [2.24, 2.45) is 0 Å². The second-order valence-corrected chi connectivity index (χ2v) is 5.27. The van der Waals surface area contributed by atoms with E-state index in [4.69, 9.17) is 4.74 Å². The lowest BCUT2D eigenvalue weighted by Crippen LogP contribution is -2.24. The normalized spacial score (nSPS) is 12.2. The van der Waals surface area contributed by atoms with Crippen molar-refractivity contribution in [1.29, 1.82) is 0 Å². The molecule has 0 radical (unpaired) electrons. The number of aliphatic hydroxyl groups excluding tert-OH is 1. The van der Waals surface area contributed by atoms with E-state index in [1.165, 1.54) is 10.9 Å². The minimum Gasteiger partial charge on any atom is -0.392 e. The van der Waals surface area contributed by atoms with E-state index in [9.17, 15) is 5.11 Å². The van der Waals surface area contributed by atoms with Crippen LogP contribution in [0.1, 0.15) is 25.8 Å². The highest BCUT2D eigenvalue weighted by molar-refractivity contribution is 5.80. The van der Waals surface area contributed by atoms with Gasteiger partial charge in [0.05, 0.1) is 12.2 Å². The molecular weight excluding hydrogens is 226 g/mol. The van der Waals surface area contributed by atoms with E-state index in [2.05, 4.69) is 42.8 Å². The van der Waals surface area contributed by atoms with Gasteiger partial charge in [-0.05, 0) is 43.4 Å². The summed E-state index contributed by atoms with van der Waals surface area (Å²) in [5.74, 6) is 0. The van der Waals surface area contributed by atoms with E-state index in [0.717, 1.165) is 18.5 Å². The minimum absolute atomic E-state index is 0.0880. The Balaban J connectivity index is 2.23. The number of aromatic nitrogens is 1. The monoisotopic (exact) mass is 247 g/mol. The van der Waals surface area contributed by atoms with Crippen molar-refractivity contribution in [3.63, 3.8) is 0 Å². The number of nitrogens with zero attached hydrogens (tertiary/aromatic N) is 1. The van der Waals surface area contributed by atoms with Gasteiger partial charge in [0.1, 0.15) is 0 Å². The lowest BCUT2D eigenvalue weighted by molar-refractivity contribution is 0.0123. The van der Waals surface area contributed by atoms with Crippen LogP contribution in [0.2, 0.25) is 0 Å². The molecule has 1 heterocycles. The maximum Gasteiger partial charge on any atom is 0.0682 e. The molecule has 0 fully saturated rings. The quantitative estimate of drug-likeness (QED) is 0.881. The van der Waals surface area contributed by atoms with E-state index in [-0.39, 0.29) is 12.2 Å². The number of fused-ring (bicyclic) bond motifs is 1. The van der Waals surface area contributed by atoms with Crippen molar-refractivity contribution in [3.05, 3.63) is 36.0 Å². The Morgan fingerprint density at radius 2 is 2.06 bits per heavy atom. The molecular formula is C15H21NO2. The average molecular weight is 247 g/mol. The van der Waals surface area contributed by atoms with Gasteiger partial charge in [-0.2, -0.15) is 0 Å². The molecule has 0 saturated heterocycles. The van der Waals surface area contributed by atoms with Gasteiger partial charge in [0.2, 0.25) is 0 Å². The van der Waals surface area contributed by atoms with Crippen molar-refractivity contribution in [3.8, 4) is 0 Å². The Kier molecular flexibility index (Phi) is 3.73. The molecule has 0 unspecified atom stereocenters. The Morgan fingerprint density at radius 3 is 2.72 bits per heavy atom. The highest BCUT2D eigenvalue weighted by Gasteiger charge is 2.16. The third-order valence-corrected chi connectivity index (χ3v) is 3.53. The Morgan fingerprint density at radius 1 is 1.28 bits per heavy atom. The Bertz CT molecular complexity index is 528. The van der Waals surface area contributed by atoms with Crippen LogP contribution in [0.4, 0.5) is 0 Å². The summed E-state index contributed by atoms with van der Waals surface area (Å²) in [5.41, 5.74) is 2.02. The molecule has 0 amide bonds. The van der Waals surface area contributed by atoms with Crippen LogP contribution < -0.4 is 0 Å². The van der Waals surface area contributed by atoms with E-state index in [1.54, 1.807) is 7.11 Å². The molecule has 0 spiro atoms. The third-order valence-electron chi connectivity index (χ3n) is 3.53. The van der Waals surface area contributed by atoms with Crippen molar-refractivity contribution < 1.29 is 9.84 Å². The lowest BCUT2D eigenvalue weighted by atomic mass is 10.1. The summed E-state index contributed by atoms with van der Waals surface area (Å²) < 4.78 is 7.66. The molecule has 1 aromatic carbocycles. The number of ether oxygens (including phenoxy) is 1. The first-order chi connectivity index (χ1) is 8.55. The maximum absolute atomic E-state index is 9.19. The van der Waals surface area contributed by atoms with Gasteiger partial charge in [-0.3, -0.25) is 0 Å². The van der Waals surface area contributed by atoms with Gasteiger partial charge in [0.15, 0.2) is 0 Å². The minimum atomic E-state index is -0.106. The molecule has 0 aliphatic heterocycles. The predicted molar refractivity (Wildman–Crippen MR) is 73.6 cm³/mol. The first-order valence-electron chi connectivity index (χ1n) is 6.29. The summed E-state index contributed by atoms with van der Waals surface area (Å²) in [5, 5.41) is 10.4. The number of rotatable bonds is 5. The summed E-state index contributed by atoms with van der Waals surface area (Å²) >= 11 is 0. The Hall–Kier alpha value is -1.32. The molecule has 0 aliphatic carbocycles. The molecule has 98 valence electrons. The van der Waals surface area contributed by atoms with Gasteiger partial charge in [-0.25, -0.2) is 0 Å². The zero-order valence-corrected chi connectivity index (χ0v) is 11.3. The van der Waals surface area contributed by atoms with E-state index in [1.807, 2.05) is 6.07 Å². The number of hydrogen-bond acceptors (Lipinski definition) is 2. The van der Waals surface area contributed by atoms with E-state index < -0.39 is 0 Å². The summed E-state index contributed by atoms with van der Waals surface area (Å²) in [6.45, 7) is 5.19. The van der Waals surface area contributed by atoms with Crippen LogP contribution in [0.3, 0.4) is 0 Å². The number of aryl methyl sites for hydroxylation is 1. The van der Waals surface area contributed by atoms with Crippen LogP contribution in [-0.4, -0.2) is 22.4 Å². The molecule has 3 nitrogen and oxygen atoms in total. The zero-order valence-electron chi connectivity index (χ0n) is 11.3. The highest BCUT2D eigenvalue weighted by Crippen LogP contribution is 2.21. The van der Waals surface area contributed by atoms with E-state index >= 15 is 0 Å². The molecule has 0 atom stereocenters. The zero-order chi connectivity index (χ0) is 13.2. The molecule has 2 aromatic rings. The second-order valence-electron chi connectivity index (χ2n) is 5.27. The van der Waals surface area contributed by atoms with Crippen molar-refractivity contribution >= 4 is 10.9 Å². The number of methoxy groups -OCH3 is 1. The maximum atomic E-state index is 9.19. The van der Waals surface area contributed by atoms with Gasteiger partial charge in [-0.15, -0.1) is 0 Å². The molecule has 0 saturated carbocycles. The lowest BCUT2D eigenvalue weighted by Gasteiger charge is -2.23. The van der Waals surface area contributed by atoms with Crippen LogP contribution in [0, 0.1) is 0 Å². The molecule has 0 aliphatic rings. The smallest absolute Gasteiger partial charge is 0.0682 e. The summed E-state index contributed by atoms with van der Waals surface area (Å²) in [6, 6.07) is 8.18. The first-order valence-corrected chi connectivity index (χ1v) is 6.29. The highest BCUT2D eigenvalue weighted by atomic mass is 16.5. The fraction of sp³-hybridized carbons (Fsp3) is 0.467. The Labute approximate surface area is 108 Å². The van der Waals surface area contributed by atoms with Crippen molar-refractivity contribution in [1.82, 2.24) is 4.57 Å². The van der Waals surface area contributed by atoms with Gasteiger partial charge < -0.3 is 14.4 Å². The van der Waals surface area contributed by atoms with Crippen LogP contribution in [0.15, 0.2) is 30.5 Å². The summed E-state index contributed by atoms with van der Waals surface area (Å²) in [6.07, 6.45) is 3.05. The largest absolute Gasteiger partial charge is 0.392 e.